The first-order chi connectivity index (χ1) is 13.4. The third-order valence-electron chi connectivity index (χ3n) is 4.42. The van der Waals surface area contributed by atoms with Crippen molar-refractivity contribution in [3.63, 3.8) is 0 Å². The summed E-state index contributed by atoms with van der Waals surface area (Å²) in [5, 5.41) is 7.05. The molecule has 0 atom stereocenters. The third-order valence-corrected chi connectivity index (χ3v) is 4.42. The molecule has 2 heterocycles. The summed E-state index contributed by atoms with van der Waals surface area (Å²) < 4.78 is 39.4. The fraction of sp³-hybridized carbons (Fsp3) is 0.316. The Labute approximate surface area is 160 Å². The molecule has 1 fully saturated rings. The second-order valence-electron chi connectivity index (χ2n) is 6.43. The van der Waals surface area contributed by atoms with Crippen molar-refractivity contribution in [3.8, 4) is 11.1 Å². The van der Waals surface area contributed by atoms with Gasteiger partial charge in [-0.3, -0.25) is 10.2 Å². The van der Waals surface area contributed by atoms with Crippen LogP contribution in [0.5, 0.6) is 0 Å². The standard InChI is InChI=1S/C19H20F2N4O3/c1-27-13-8-25(9-13)19-15(20)5-12(7-24-19)14-4-2-3-11(18(14)21)10-28-17(26)6-16(22)23/h2-5,7,13H,6,8-10H2,1H3,(H3,22,23). The Hall–Kier alpha value is -3.07. The van der Waals surface area contributed by atoms with Crippen molar-refractivity contribution in [2.45, 2.75) is 19.1 Å². The number of nitrogens with zero attached hydrogens (tertiary/aromatic N) is 2. The number of esters is 1. The van der Waals surface area contributed by atoms with Crippen molar-refractivity contribution >= 4 is 17.6 Å². The normalized spacial score (nSPS) is 13.9. The number of aromatic nitrogens is 1. The maximum Gasteiger partial charge on any atom is 0.313 e. The first-order valence-electron chi connectivity index (χ1n) is 8.58. The van der Waals surface area contributed by atoms with Gasteiger partial charge >= 0.3 is 5.97 Å². The highest BCUT2D eigenvalue weighted by Crippen LogP contribution is 2.29. The zero-order valence-corrected chi connectivity index (χ0v) is 15.2. The van der Waals surface area contributed by atoms with Gasteiger partial charge in [0.1, 0.15) is 24.7 Å². The number of halogens is 2. The third kappa shape index (κ3) is 4.25. The van der Waals surface area contributed by atoms with Gasteiger partial charge in [0.05, 0.1) is 6.10 Å². The summed E-state index contributed by atoms with van der Waals surface area (Å²) >= 11 is 0. The second kappa shape index (κ2) is 8.30. The van der Waals surface area contributed by atoms with E-state index >= 15 is 0 Å². The average Bonchev–Trinajstić information content (AvgIpc) is 2.60. The van der Waals surface area contributed by atoms with Gasteiger partial charge in [0.15, 0.2) is 11.6 Å². The molecule has 28 heavy (non-hydrogen) atoms. The number of amidine groups is 1. The Morgan fingerprint density at radius 1 is 1.39 bits per heavy atom. The van der Waals surface area contributed by atoms with Crippen molar-refractivity contribution in [3.05, 3.63) is 47.7 Å². The van der Waals surface area contributed by atoms with E-state index in [1.54, 1.807) is 18.1 Å². The average molecular weight is 390 g/mol. The van der Waals surface area contributed by atoms with Gasteiger partial charge in [0.25, 0.3) is 0 Å². The number of ether oxygens (including phenoxy) is 2. The topological polar surface area (TPSA) is 102 Å². The van der Waals surface area contributed by atoms with E-state index in [9.17, 15) is 13.6 Å². The number of nitrogens with two attached hydrogens (primary N) is 1. The first-order valence-corrected chi connectivity index (χ1v) is 8.58. The SMILES string of the molecule is COC1CN(c2ncc(-c3cccc(COC(=O)CC(=N)N)c3F)cc2F)C1. The summed E-state index contributed by atoms with van der Waals surface area (Å²) in [7, 11) is 1.60. The molecular weight excluding hydrogens is 370 g/mol. The Balaban J connectivity index is 1.76. The monoisotopic (exact) mass is 390 g/mol. The molecule has 0 unspecified atom stereocenters. The van der Waals surface area contributed by atoms with Crippen LogP contribution in [0.25, 0.3) is 11.1 Å². The molecular formula is C19H20F2N4O3. The maximum absolute atomic E-state index is 14.8. The van der Waals surface area contributed by atoms with Gasteiger partial charge in [-0.25, -0.2) is 13.8 Å². The Kier molecular flexibility index (Phi) is 5.84. The summed E-state index contributed by atoms with van der Waals surface area (Å²) in [5.41, 5.74) is 5.68. The molecule has 1 aromatic carbocycles. The van der Waals surface area contributed by atoms with Crippen LogP contribution in [0.4, 0.5) is 14.6 Å². The van der Waals surface area contributed by atoms with Gasteiger partial charge < -0.3 is 20.1 Å². The van der Waals surface area contributed by atoms with Crippen LogP contribution in [0, 0.1) is 17.0 Å². The van der Waals surface area contributed by atoms with E-state index in [1.807, 2.05) is 0 Å². The zero-order chi connectivity index (χ0) is 20.3. The highest BCUT2D eigenvalue weighted by atomic mass is 19.1. The van der Waals surface area contributed by atoms with Crippen molar-refractivity contribution < 1.29 is 23.0 Å². The Bertz CT molecular complexity index is 901. The number of benzene rings is 1. The van der Waals surface area contributed by atoms with Gasteiger partial charge in [0, 0.05) is 43.1 Å². The number of hydrogen-bond donors (Lipinski definition) is 2. The lowest BCUT2D eigenvalue weighted by atomic mass is 10.0. The summed E-state index contributed by atoms with van der Waals surface area (Å²) in [4.78, 5) is 17.4. The lowest BCUT2D eigenvalue weighted by molar-refractivity contribution is -0.143. The Morgan fingerprint density at radius 3 is 2.79 bits per heavy atom. The molecule has 7 nitrogen and oxygen atoms in total. The highest BCUT2D eigenvalue weighted by Gasteiger charge is 2.29. The molecule has 0 radical (unpaired) electrons. The molecule has 0 bridgehead atoms. The number of methoxy groups -OCH3 is 1. The molecule has 1 saturated heterocycles. The molecule has 2 aromatic rings. The van der Waals surface area contributed by atoms with E-state index in [0.29, 0.717) is 13.1 Å². The van der Waals surface area contributed by atoms with Crippen LogP contribution in [0.15, 0.2) is 30.5 Å². The van der Waals surface area contributed by atoms with Crippen LogP contribution in [-0.2, 0) is 20.9 Å². The number of carbonyl (C=O) groups excluding carboxylic acids is 1. The molecule has 3 N–H and O–H groups in total. The fourth-order valence-corrected chi connectivity index (χ4v) is 2.85. The van der Waals surface area contributed by atoms with Gasteiger partial charge in [0.2, 0.25) is 0 Å². The maximum atomic E-state index is 14.8. The van der Waals surface area contributed by atoms with Gasteiger partial charge in [-0.2, -0.15) is 0 Å². The molecule has 148 valence electrons. The molecule has 0 saturated carbocycles. The molecule has 0 amide bonds. The smallest absolute Gasteiger partial charge is 0.313 e. The van der Waals surface area contributed by atoms with Gasteiger partial charge in [-0.15, -0.1) is 0 Å². The molecule has 0 spiro atoms. The molecule has 9 heteroatoms. The predicted molar refractivity (Wildman–Crippen MR) is 98.9 cm³/mol. The van der Waals surface area contributed by atoms with Crippen molar-refractivity contribution in [2.75, 3.05) is 25.1 Å². The largest absolute Gasteiger partial charge is 0.460 e. The number of carbonyl (C=O) groups is 1. The summed E-state index contributed by atoms with van der Waals surface area (Å²) in [6.07, 6.45) is 1.10. The van der Waals surface area contributed by atoms with Crippen LogP contribution in [0.3, 0.4) is 0 Å². The molecule has 1 aromatic heterocycles. The van der Waals surface area contributed by atoms with Crippen molar-refractivity contribution in [1.29, 1.82) is 5.41 Å². The van der Waals surface area contributed by atoms with Crippen LogP contribution < -0.4 is 10.6 Å². The second-order valence-corrected chi connectivity index (χ2v) is 6.43. The van der Waals surface area contributed by atoms with Crippen molar-refractivity contribution in [1.82, 2.24) is 4.98 Å². The molecule has 1 aliphatic heterocycles. The van der Waals surface area contributed by atoms with E-state index in [4.69, 9.17) is 20.6 Å². The molecule has 1 aliphatic rings. The lowest BCUT2D eigenvalue weighted by Gasteiger charge is -2.39. The van der Waals surface area contributed by atoms with Gasteiger partial charge in [-0.1, -0.05) is 18.2 Å². The lowest BCUT2D eigenvalue weighted by Crippen LogP contribution is -2.52. The minimum absolute atomic E-state index is 0.0562. The van der Waals surface area contributed by atoms with Crippen molar-refractivity contribution in [2.24, 2.45) is 5.73 Å². The predicted octanol–water partition coefficient (Wildman–Crippen LogP) is 2.23. The summed E-state index contributed by atoms with van der Waals surface area (Å²) in [6.45, 7) is 0.788. The van der Waals surface area contributed by atoms with Crippen LogP contribution in [-0.4, -0.2) is 43.1 Å². The highest BCUT2D eigenvalue weighted by molar-refractivity contribution is 5.94. The quantitative estimate of drug-likeness (QED) is 0.427. The van der Waals surface area contributed by atoms with Gasteiger partial charge in [-0.05, 0) is 6.07 Å². The fourth-order valence-electron chi connectivity index (χ4n) is 2.85. The summed E-state index contributed by atoms with van der Waals surface area (Å²) in [6, 6.07) is 5.77. The van der Waals surface area contributed by atoms with E-state index in [-0.39, 0.29) is 47.5 Å². The first kappa shape index (κ1) is 19.7. The van der Waals surface area contributed by atoms with Crippen LogP contribution in [0.2, 0.25) is 0 Å². The summed E-state index contributed by atoms with van der Waals surface area (Å²) in [5.74, 6) is -2.04. The number of pyridine rings is 1. The minimum Gasteiger partial charge on any atom is -0.460 e. The van der Waals surface area contributed by atoms with E-state index in [0.717, 1.165) is 0 Å². The van der Waals surface area contributed by atoms with E-state index in [1.165, 1.54) is 24.4 Å². The minimum atomic E-state index is -0.724. The zero-order valence-electron chi connectivity index (χ0n) is 15.2. The number of hydrogen-bond acceptors (Lipinski definition) is 6. The number of nitrogens with one attached hydrogen (secondary N) is 1. The van der Waals surface area contributed by atoms with E-state index in [2.05, 4.69) is 4.98 Å². The number of rotatable bonds is 7. The molecule has 3 rings (SSSR count). The van der Waals surface area contributed by atoms with Crippen LogP contribution >= 0.6 is 0 Å². The van der Waals surface area contributed by atoms with E-state index < -0.39 is 17.6 Å². The molecule has 0 aliphatic carbocycles. The number of anilines is 1. The Morgan fingerprint density at radius 2 is 2.14 bits per heavy atom. The van der Waals surface area contributed by atoms with Crippen LogP contribution in [0.1, 0.15) is 12.0 Å².